The van der Waals surface area contributed by atoms with Gasteiger partial charge in [0.05, 0.1) is 0 Å². The fourth-order valence-electron chi connectivity index (χ4n) is 1.73. The summed E-state index contributed by atoms with van der Waals surface area (Å²) in [6.45, 7) is 0.610. The third-order valence-electron chi connectivity index (χ3n) is 3.04. The van der Waals surface area contributed by atoms with Crippen molar-refractivity contribution in [2.45, 2.75) is 19.3 Å². The maximum Gasteiger partial charge on any atom is 0.159 e. The van der Waals surface area contributed by atoms with E-state index in [1.807, 2.05) is 0 Å². The van der Waals surface area contributed by atoms with Gasteiger partial charge in [-0.2, -0.15) is 0 Å². The van der Waals surface area contributed by atoms with Crippen molar-refractivity contribution in [1.29, 1.82) is 0 Å². The van der Waals surface area contributed by atoms with E-state index in [9.17, 15) is 8.78 Å². The minimum atomic E-state index is -0.816. The predicted octanol–water partition coefficient (Wildman–Crippen LogP) is 3.01. The molecule has 2 rings (SSSR count). The normalized spacial score (nSPS) is 17.9. The van der Waals surface area contributed by atoms with Crippen LogP contribution in [0.4, 0.5) is 8.78 Å². The van der Waals surface area contributed by atoms with Gasteiger partial charge >= 0.3 is 0 Å². The lowest BCUT2D eigenvalue weighted by Gasteiger charge is -2.13. The molecule has 15 heavy (non-hydrogen) atoms. The Bertz CT molecular complexity index is 388. The Morgan fingerprint density at radius 1 is 1.27 bits per heavy atom. The van der Waals surface area contributed by atoms with Crippen LogP contribution in [0.25, 0.3) is 0 Å². The molecular weight excluding hydrogens is 264 g/mol. The quantitative estimate of drug-likeness (QED) is 0.844. The molecule has 4 heteroatoms. The summed E-state index contributed by atoms with van der Waals surface area (Å²) in [6.07, 6.45) is 2.88. The van der Waals surface area contributed by atoms with Crippen molar-refractivity contribution in [3.63, 3.8) is 0 Å². The van der Waals surface area contributed by atoms with Crippen molar-refractivity contribution in [3.05, 3.63) is 33.8 Å². The Balaban J connectivity index is 2.25. The third-order valence-corrected chi connectivity index (χ3v) is 3.78. The third kappa shape index (κ3) is 2.21. The van der Waals surface area contributed by atoms with Crippen LogP contribution >= 0.6 is 15.9 Å². The van der Waals surface area contributed by atoms with Crippen LogP contribution in [0.15, 0.2) is 16.6 Å². The van der Waals surface area contributed by atoms with Crippen molar-refractivity contribution < 1.29 is 8.78 Å². The number of nitrogens with two attached hydrogens (primary N) is 1. The largest absolute Gasteiger partial charge is 0.330 e. The molecule has 0 spiro atoms. The Morgan fingerprint density at radius 2 is 1.87 bits per heavy atom. The number of hydrogen-bond donors (Lipinski definition) is 1. The van der Waals surface area contributed by atoms with Gasteiger partial charge in [-0.25, -0.2) is 8.78 Å². The summed E-state index contributed by atoms with van der Waals surface area (Å²) in [5.41, 5.74) is 6.59. The molecule has 1 aliphatic rings. The zero-order valence-electron chi connectivity index (χ0n) is 8.19. The fourth-order valence-corrected chi connectivity index (χ4v) is 2.19. The highest BCUT2D eigenvalue weighted by Crippen LogP contribution is 2.48. The van der Waals surface area contributed by atoms with Gasteiger partial charge in [-0.05, 0) is 48.9 Å². The molecule has 1 aromatic carbocycles. The van der Waals surface area contributed by atoms with Gasteiger partial charge in [0.25, 0.3) is 0 Å². The van der Waals surface area contributed by atoms with Crippen LogP contribution in [0.1, 0.15) is 18.4 Å². The lowest BCUT2D eigenvalue weighted by atomic mass is 9.96. The van der Waals surface area contributed by atoms with Crippen LogP contribution in [0.5, 0.6) is 0 Å². The van der Waals surface area contributed by atoms with Crippen molar-refractivity contribution in [2.24, 2.45) is 11.1 Å². The van der Waals surface area contributed by atoms with Crippen molar-refractivity contribution >= 4 is 15.9 Å². The number of benzene rings is 1. The van der Waals surface area contributed by atoms with Crippen molar-refractivity contribution in [1.82, 2.24) is 0 Å². The standard InChI is InChI=1S/C11H12BrF2N/c12-8-4-10(14)9(13)3-7(8)5-11(6-15)1-2-11/h3-4H,1-2,5-6,15H2. The molecule has 0 heterocycles. The molecule has 2 N–H and O–H groups in total. The topological polar surface area (TPSA) is 26.0 Å². The first-order chi connectivity index (χ1) is 7.06. The second kappa shape index (κ2) is 3.83. The summed E-state index contributed by atoms with van der Waals surface area (Å²) in [4.78, 5) is 0. The molecule has 1 fully saturated rings. The molecule has 0 atom stereocenters. The molecule has 0 amide bonds. The van der Waals surface area contributed by atoms with E-state index in [0.717, 1.165) is 24.8 Å². The van der Waals surface area contributed by atoms with Crippen LogP contribution in [0, 0.1) is 17.0 Å². The molecule has 1 aliphatic carbocycles. The summed E-state index contributed by atoms with van der Waals surface area (Å²) in [6, 6.07) is 2.44. The Labute approximate surface area is 95.8 Å². The second-order valence-electron chi connectivity index (χ2n) is 4.24. The average molecular weight is 276 g/mol. The molecule has 0 aromatic heterocycles. The molecule has 1 saturated carbocycles. The van der Waals surface area contributed by atoms with E-state index in [1.165, 1.54) is 12.1 Å². The van der Waals surface area contributed by atoms with Crippen LogP contribution < -0.4 is 5.73 Å². The predicted molar refractivity (Wildman–Crippen MR) is 58.5 cm³/mol. The smallest absolute Gasteiger partial charge is 0.159 e. The van der Waals surface area contributed by atoms with Crippen molar-refractivity contribution in [2.75, 3.05) is 6.54 Å². The number of hydrogen-bond acceptors (Lipinski definition) is 1. The lowest BCUT2D eigenvalue weighted by Crippen LogP contribution is -2.18. The fraction of sp³-hybridized carbons (Fsp3) is 0.455. The van der Waals surface area contributed by atoms with Gasteiger partial charge in [0.15, 0.2) is 11.6 Å². The van der Waals surface area contributed by atoms with E-state index in [-0.39, 0.29) is 5.41 Å². The summed E-state index contributed by atoms with van der Waals surface area (Å²) >= 11 is 3.24. The van der Waals surface area contributed by atoms with Crippen LogP contribution in [-0.2, 0) is 6.42 Å². The first kappa shape index (κ1) is 11.0. The molecule has 0 radical (unpaired) electrons. The SMILES string of the molecule is NCC1(Cc2cc(F)c(F)cc2Br)CC1. The van der Waals surface area contributed by atoms with Gasteiger partial charge < -0.3 is 5.73 Å². The van der Waals surface area contributed by atoms with E-state index >= 15 is 0 Å². The highest BCUT2D eigenvalue weighted by atomic mass is 79.9. The van der Waals surface area contributed by atoms with Crippen molar-refractivity contribution in [3.8, 4) is 0 Å². The first-order valence-corrected chi connectivity index (χ1v) is 5.69. The van der Waals surface area contributed by atoms with E-state index in [0.29, 0.717) is 11.0 Å². The molecule has 1 aromatic rings. The van der Waals surface area contributed by atoms with Gasteiger partial charge in [0.1, 0.15) is 0 Å². The zero-order valence-corrected chi connectivity index (χ0v) is 9.78. The summed E-state index contributed by atoms with van der Waals surface area (Å²) in [5.74, 6) is -1.61. The van der Waals surface area contributed by atoms with Gasteiger partial charge in [-0.15, -0.1) is 0 Å². The Kier molecular flexibility index (Phi) is 2.81. The molecule has 1 nitrogen and oxygen atoms in total. The van der Waals surface area contributed by atoms with Crippen LogP contribution in [-0.4, -0.2) is 6.54 Å². The monoisotopic (exact) mass is 275 g/mol. The lowest BCUT2D eigenvalue weighted by molar-refractivity contribution is 0.493. The number of halogens is 3. The van der Waals surface area contributed by atoms with E-state index in [1.54, 1.807) is 0 Å². The van der Waals surface area contributed by atoms with Gasteiger partial charge in [-0.1, -0.05) is 15.9 Å². The number of rotatable bonds is 3. The van der Waals surface area contributed by atoms with E-state index < -0.39 is 11.6 Å². The average Bonchev–Trinajstić information content (AvgIpc) is 2.95. The van der Waals surface area contributed by atoms with Gasteiger partial charge in [0, 0.05) is 4.47 Å². The first-order valence-electron chi connectivity index (χ1n) is 4.90. The molecular formula is C11H12BrF2N. The summed E-state index contributed by atoms with van der Waals surface area (Å²) in [5, 5.41) is 0. The summed E-state index contributed by atoms with van der Waals surface area (Å²) < 4.78 is 26.5. The van der Waals surface area contributed by atoms with Crippen LogP contribution in [0.2, 0.25) is 0 Å². The molecule has 0 saturated heterocycles. The van der Waals surface area contributed by atoms with Gasteiger partial charge in [-0.3, -0.25) is 0 Å². The maximum atomic E-state index is 13.0. The Hall–Kier alpha value is -0.480. The molecule has 0 aliphatic heterocycles. The molecule has 0 bridgehead atoms. The second-order valence-corrected chi connectivity index (χ2v) is 5.09. The summed E-state index contributed by atoms with van der Waals surface area (Å²) in [7, 11) is 0. The molecule has 82 valence electrons. The Morgan fingerprint density at radius 3 is 2.40 bits per heavy atom. The molecule has 0 unspecified atom stereocenters. The zero-order chi connectivity index (χ0) is 11.1. The van der Waals surface area contributed by atoms with E-state index in [4.69, 9.17) is 5.73 Å². The van der Waals surface area contributed by atoms with Crippen LogP contribution in [0.3, 0.4) is 0 Å². The van der Waals surface area contributed by atoms with E-state index in [2.05, 4.69) is 15.9 Å². The van der Waals surface area contributed by atoms with Gasteiger partial charge in [0.2, 0.25) is 0 Å². The highest BCUT2D eigenvalue weighted by Gasteiger charge is 2.41. The minimum Gasteiger partial charge on any atom is -0.330 e. The minimum absolute atomic E-state index is 0.132. The maximum absolute atomic E-state index is 13.0. The highest BCUT2D eigenvalue weighted by molar-refractivity contribution is 9.10.